The molecule has 0 spiro atoms. The molecule has 1 aliphatic rings. The van der Waals surface area contributed by atoms with Gasteiger partial charge in [0, 0.05) is 18.7 Å². The Kier molecular flexibility index (Phi) is 5.81. The number of hydrogen-bond acceptors (Lipinski definition) is 3. The maximum atomic E-state index is 12.2. The molecule has 1 amide bonds. The van der Waals surface area contributed by atoms with Gasteiger partial charge in [-0.2, -0.15) is 0 Å². The number of ether oxygens (including phenoxy) is 2. The van der Waals surface area contributed by atoms with Crippen molar-refractivity contribution in [3.05, 3.63) is 35.4 Å². The Morgan fingerprint density at radius 1 is 1.33 bits per heavy atom. The Labute approximate surface area is 149 Å². The van der Waals surface area contributed by atoms with Crippen molar-refractivity contribution in [1.29, 1.82) is 0 Å². The number of carbonyl (C=O) groups is 1. The van der Waals surface area contributed by atoms with Gasteiger partial charge in [-0.15, -0.1) is 0 Å². The lowest BCUT2D eigenvalue weighted by molar-refractivity contribution is 0.0270. The molecule has 0 radical (unpaired) electrons. The van der Waals surface area contributed by atoms with E-state index in [-0.39, 0.29) is 6.09 Å². The number of benzene rings is 1. The van der Waals surface area contributed by atoms with E-state index in [0.29, 0.717) is 13.1 Å². The van der Waals surface area contributed by atoms with Crippen LogP contribution in [0.2, 0.25) is 0 Å². The molecule has 5 heteroatoms. The van der Waals surface area contributed by atoms with E-state index in [2.05, 4.69) is 6.08 Å². The van der Waals surface area contributed by atoms with Gasteiger partial charge in [-0.05, 0) is 52.2 Å². The molecular formula is C19H26ClNO3. The number of rotatable bonds is 3. The minimum atomic E-state index is -0.477. The third-order valence-electron chi connectivity index (χ3n) is 3.70. The van der Waals surface area contributed by atoms with Crippen LogP contribution in [0.3, 0.4) is 0 Å². The zero-order chi connectivity index (χ0) is 17.9. The molecule has 0 aliphatic carbocycles. The third kappa shape index (κ3) is 4.91. The summed E-state index contributed by atoms with van der Waals surface area (Å²) in [5, 5.41) is 0. The van der Waals surface area contributed by atoms with Crippen molar-refractivity contribution >= 4 is 23.3 Å². The maximum absolute atomic E-state index is 12.2. The van der Waals surface area contributed by atoms with Crippen LogP contribution in [0.4, 0.5) is 4.79 Å². The van der Waals surface area contributed by atoms with E-state index in [1.54, 1.807) is 11.8 Å². The van der Waals surface area contributed by atoms with Gasteiger partial charge in [0.25, 0.3) is 0 Å². The van der Waals surface area contributed by atoms with Crippen molar-refractivity contribution in [3.8, 4) is 5.75 Å². The van der Waals surface area contributed by atoms with E-state index in [4.69, 9.17) is 21.1 Å². The van der Waals surface area contributed by atoms with Crippen LogP contribution in [-0.4, -0.2) is 35.2 Å². The molecule has 24 heavy (non-hydrogen) atoms. The molecule has 0 saturated heterocycles. The molecule has 1 unspecified atom stereocenters. The highest BCUT2D eigenvalue weighted by atomic mass is 35.5. The minimum absolute atomic E-state index is 0.270. The smallest absolute Gasteiger partial charge is 0.410 e. The minimum Gasteiger partial charge on any atom is -0.474 e. The predicted molar refractivity (Wildman–Crippen MR) is 97.5 cm³/mol. The summed E-state index contributed by atoms with van der Waals surface area (Å²) in [6.45, 7) is 10.6. The van der Waals surface area contributed by atoms with Crippen LogP contribution in [0, 0.1) is 6.92 Å². The summed E-state index contributed by atoms with van der Waals surface area (Å²) in [4.78, 5) is 13.9. The van der Waals surface area contributed by atoms with E-state index in [9.17, 15) is 4.79 Å². The van der Waals surface area contributed by atoms with Crippen molar-refractivity contribution < 1.29 is 14.3 Å². The lowest BCUT2D eigenvalue weighted by Crippen LogP contribution is -2.39. The second kappa shape index (κ2) is 7.47. The SMILES string of the molecule is Cc1cccc(C2=CCN(C(=O)OC(C)(C)C)CC2)c1OC(C)Cl. The van der Waals surface area contributed by atoms with Gasteiger partial charge >= 0.3 is 6.09 Å². The van der Waals surface area contributed by atoms with E-state index >= 15 is 0 Å². The summed E-state index contributed by atoms with van der Waals surface area (Å²) in [5.74, 6) is 0.817. The molecule has 2 rings (SSSR count). The van der Waals surface area contributed by atoms with Crippen molar-refractivity contribution in [1.82, 2.24) is 4.90 Å². The first kappa shape index (κ1) is 18.7. The average Bonchev–Trinajstić information content (AvgIpc) is 2.47. The van der Waals surface area contributed by atoms with Gasteiger partial charge in [0.1, 0.15) is 11.4 Å². The van der Waals surface area contributed by atoms with Crippen molar-refractivity contribution in [2.45, 2.75) is 52.2 Å². The number of hydrogen-bond donors (Lipinski definition) is 0. The number of halogens is 1. The lowest BCUT2D eigenvalue weighted by Gasteiger charge is -2.30. The number of amides is 1. The van der Waals surface area contributed by atoms with Gasteiger partial charge in [0.15, 0.2) is 5.56 Å². The van der Waals surface area contributed by atoms with E-state index in [1.807, 2.05) is 45.9 Å². The van der Waals surface area contributed by atoms with Crippen LogP contribution >= 0.6 is 11.6 Å². The molecule has 4 nitrogen and oxygen atoms in total. The summed E-state index contributed by atoms with van der Waals surface area (Å²) >= 11 is 6.01. The van der Waals surface area contributed by atoms with Crippen LogP contribution in [0.25, 0.3) is 5.57 Å². The van der Waals surface area contributed by atoms with Crippen LogP contribution in [0.1, 0.15) is 45.2 Å². The average molecular weight is 352 g/mol. The molecule has 1 heterocycles. The Hall–Kier alpha value is -1.68. The van der Waals surface area contributed by atoms with Crippen molar-refractivity contribution in [2.24, 2.45) is 0 Å². The zero-order valence-electron chi connectivity index (χ0n) is 15.1. The summed E-state index contributed by atoms with van der Waals surface area (Å²) < 4.78 is 11.2. The molecule has 1 aromatic rings. The second-order valence-electron chi connectivity index (χ2n) is 7.02. The number of para-hydroxylation sites is 1. The zero-order valence-corrected chi connectivity index (χ0v) is 15.8. The first-order valence-electron chi connectivity index (χ1n) is 8.25. The Balaban J connectivity index is 2.16. The van der Waals surface area contributed by atoms with Crippen LogP contribution < -0.4 is 4.74 Å². The number of aryl methyl sites for hydroxylation is 1. The molecule has 0 saturated carbocycles. The molecule has 0 bridgehead atoms. The summed E-state index contributed by atoms with van der Waals surface area (Å²) in [6, 6.07) is 6.06. The predicted octanol–water partition coefficient (Wildman–Crippen LogP) is 4.98. The quantitative estimate of drug-likeness (QED) is 0.720. The number of nitrogens with zero attached hydrogens (tertiary/aromatic N) is 1. The Bertz CT molecular complexity index is 632. The Morgan fingerprint density at radius 3 is 2.58 bits per heavy atom. The molecule has 0 N–H and O–H groups in total. The maximum Gasteiger partial charge on any atom is 0.410 e. The molecular weight excluding hydrogens is 326 g/mol. The van der Waals surface area contributed by atoms with Gasteiger partial charge in [-0.3, -0.25) is 0 Å². The fraction of sp³-hybridized carbons (Fsp3) is 0.526. The molecule has 0 aromatic heterocycles. The second-order valence-corrected chi connectivity index (χ2v) is 7.63. The van der Waals surface area contributed by atoms with Gasteiger partial charge in [0.2, 0.25) is 0 Å². The summed E-state index contributed by atoms with van der Waals surface area (Å²) in [5.41, 5.74) is 2.40. The van der Waals surface area contributed by atoms with Gasteiger partial charge in [0.05, 0.1) is 0 Å². The van der Waals surface area contributed by atoms with Crippen molar-refractivity contribution in [3.63, 3.8) is 0 Å². The molecule has 1 aromatic carbocycles. The van der Waals surface area contributed by atoms with Gasteiger partial charge in [-0.25, -0.2) is 4.79 Å². The highest BCUT2D eigenvalue weighted by molar-refractivity contribution is 6.19. The number of alkyl halides is 1. The summed E-state index contributed by atoms with van der Waals surface area (Å²) in [7, 11) is 0. The first-order chi connectivity index (χ1) is 11.2. The largest absolute Gasteiger partial charge is 0.474 e. The monoisotopic (exact) mass is 351 g/mol. The van der Waals surface area contributed by atoms with E-state index in [0.717, 1.165) is 23.3 Å². The normalized spacial score (nSPS) is 16.4. The van der Waals surface area contributed by atoms with Crippen LogP contribution in [-0.2, 0) is 4.74 Å². The lowest BCUT2D eigenvalue weighted by atomic mass is 9.97. The standard InChI is InChI=1S/C19H26ClNO3/c1-13-7-6-8-16(17(13)23-14(2)20)15-9-11-21(12-10-15)18(22)24-19(3,4)5/h6-9,14H,10-12H2,1-5H3. The highest BCUT2D eigenvalue weighted by Gasteiger charge is 2.25. The molecule has 0 fully saturated rings. The third-order valence-corrected chi connectivity index (χ3v) is 3.79. The topological polar surface area (TPSA) is 38.8 Å². The molecule has 132 valence electrons. The van der Waals surface area contributed by atoms with E-state index < -0.39 is 11.2 Å². The molecule has 1 atom stereocenters. The van der Waals surface area contributed by atoms with Crippen molar-refractivity contribution in [2.75, 3.05) is 13.1 Å². The molecule has 1 aliphatic heterocycles. The number of carbonyl (C=O) groups excluding carboxylic acids is 1. The fourth-order valence-electron chi connectivity index (χ4n) is 2.63. The first-order valence-corrected chi connectivity index (χ1v) is 8.68. The van der Waals surface area contributed by atoms with Gasteiger partial charge in [-0.1, -0.05) is 35.9 Å². The van der Waals surface area contributed by atoms with Crippen LogP contribution in [0.5, 0.6) is 5.75 Å². The van der Waals surface area contributed by atoms with E-state index in [1.165, 1.54) is 5.57 Å². The van der Waals surface area contributed by atoms with Gasteiger partial charge < -0.3 is 14.4 Å². The summed E-state index contributed by atoms with van der Waals surface area (Å²) in [6.07, 6.45) is 2.55. The highest BCUT2D eigenvalue weighted by Crippen LogP contribution is 2.34. The van der Waals surface area contributed by atoms with Crippen LogP contribution in [0.15, 0.2) is 24.3 Å². The Morgan fingerprint density at radius 2 is 2.04 bits per heavy atom. The fourth-order valence-corrected chi connectivity index (χ4v) is 2.72.